The number of benzene rings is 1. The molecule has 1 fully saturated rings. The van der Waals surface area contributed by atoms with Crippen LogP contribution in [0.15, 0.2) is 18.2 Å². The summed E-state index contributed by atoms with van der Waals surface area (Å²) in [5, 5.41) is 3.34. The molecule has 1 saturated carbocycles. The first-order chi connectivity index (χ1) is 8.70. The van der Waals surface area contributed by atoms with Gasteiger partial charge in [0.2, 0.25) is 0 Å². The van der Waals surface area contributed by atoms with E-state index >= 15 is 0 Å². The minimum Gasteiger partial charge on any atom is -0.379 e. The third-order valence-electron chi connectivity index (χ3n) is 3.93. The summed E-state index contributed by atoms with van der Waals surface area (Å²) in [4.78, 5) is 0. The lowest BCUT2D eigenvalue weighted by Crippen LogP contribution is -2.22. The van der Waals surface area contributed by atoms with Crippen molar-refractivity contribution in [2.75, 3.05) is 20.3 Å². The molecular formula is C16H25NO. The molecule has 0 bridgehead atoms. The molecule has 0 amide bonds. The zero-order chi connectivity index (χ0) is 13.0. The number of hydrogen-bond acceptors (Lipinski definition) is 2. The van der Waals surface area contributed by atoms with Crippen LogP contribution in [0.1, 0.15) is 42.0 Å². The lowest BCUT2D eigenvalue weighted by Gasteiger charge is -2.18. The lowest BCUT2D eigenvalue weighted by atomic mass is 10.0. The zero-order valence-electron chi connectivity index (χ0n) is 11.8. The Bertz CT molecular complexity index is 385. The molecule has 18 heavy (non-hydrogen) atoms. The van der Waals surface area contributed by atoms with E-state index in [1.165, 1.54) is 36.0 Å². The van der Waals surface area contributed by atoms with Crippen molar-refractivity contribution in [1.29, 1.82) is 0 Å². The van der Waals surface area contributed by atoms with Crippen molar-refractivity contribution in [3.63, 3.8) is 0 Å². The van der Waals surface area contributed by atoms with Crippen LogP contribution in [0.2, 0.25) is 0 Å². The van der Waals surface area contributed by atoms with Gasteiger partial charge in [-0.05, 0) is 49.9 Å². The Morgan fingerprint density at radius 2 is 2.06 bits per heavy atom. The van der Waals surface area contributed by atoms with Crippen molar-refractivity contribution in [2.45, 2.75) is 39.2 Å². The smallest absolute Gasteiger partial charge is 0.0661 e. The van der Waals surface area contributed by atoms with Crippen LogP contribution in [0.25, 0.3) is 0 Å². The quantitative estimate of drug-likeness (QED) is 0.746. The van der Waals surface area contributed by atoms with Gasteiger partial charge in [0.05, 0.1) is 12.6 Å². The van der Waals surface area contributed by atoms with Crippen LogP contribution < -0.4 is 5.32 Å². The van der Waals surface area contributed by atoms with E-state index in [0.29, 0.717) is 6.04 Å². The maximum atomic E-state index is 5.80. The molecule has 2 rings (SSSR count). The fraction of sp³-hybridized carbons (Fsp3) is 0.625. The minimum atomic E-state index is 0.309. The normalized spacial score (nSPS) is 16.8. The summed E-state index contributed by atoms with van der Waals surface area (Å²) in [5.74, 6) is 0.958. The highest BCUT2D eigenvalue weighted by atomic mass is 16.5. The highest BCUT2D eigenvalue weighted by Gasteiger charge is 2.20. The monoisotopic (exact) mass is 247 g/mol. The average Bonchev–Trinajstić information content (AvgIpc) is 3.17. The second-order valence-electron chi connectivity index (χ2n) is 5.49. The molecule has 100 valence electrons. The fourth-order valence-corrected chi connectivity index (χ4v) is 2.19. The van der Waals surface area contributed by atoms with E-state index in [9.17, 15) is 0 Å². The van der Waals surface area contributed by atoms with Gasteiger partial charge in [-0.1, -0.05) is 31.0 Å². The maximum absolute atomic E-state index is 5.80. The van der Waals surface area contributed by atoms with Crippen molar-refractivity contribution in [1.82, 2.24) is 5.32 Å². The van der Waals surface area contributed by atoms with Crippen LogP contribution in [-0.2, 0) is 4.74 Å². The number of ether oxygens (including phenoxy) is 1. The van der Waals surface area contributed by atoms with E-state index in [1.807, 2.05) is 7.05 Å². The summed E-state index contributed by atoms with van der Waals surface area (Å²) in [5.41, 5.74) is 4.03. The number of likely N-dealkylation sites (N-methyl/N-ethyl adjacent to an activating group) is 1. The summed E-state index contributed by atoms with van der Waals surface area (Å²) in [6.07, 6.45) is 4.06. The van der Waals surface area contributed by atoms with Crippen LogP contribution in [0.4, 0.5) is 0 Å². The van der Waals surface area contributed by atoms with E-state index in [4.69, 9.17) is 4.74 Å². The van der Waals surface area contributed by atoms with Crippen LogP contribution in [-0.4, -0.2) is 20.3 Å². The predicted molar refractivity (Wildman–Crippen MR) is 75.9 cm³/mol. The molecule has 1 aromatic carbocycles. The van der Waals surface area contributed by atoms with Crippen molar-refractivity contribution in [3.05, 3.63) is 34.9 Å². The van der Waals surface area contributed by atoms with Gasteiger partial charge in [-0.2, -0.15) is 0 Å². The molecule has 2 nitrogen and oxygen atoms in total. The molecule has 0 radical (unpaired) electrons. The molecule has 1 aliphatic rings. The van der Waals surface area contributed by atoms with Crippen molar-refractivity contribution in [2.24, 2.45) is 5.92 Å². The summed E-state index contributed by atoms with van der Waals surface area (Å²) < 4.78 is 5.80. The Hall–Kier alpha value is -0.860. The topological polar surface area (TPSA) is 21.3 Å². The Balaban J connectivity index is 1.83. The minimum absolute atomic E-state index is 0.309. The molecule has 0 heterocycles. The van der Waals surface area contributed by atoms with Gasteiger partial charge >= 0.3 is 0 Å². The zero-order valence-corrected chi connectivity index (χ0v) is 11.8. The molecule has 0 aromatic heterocycles. The summed E-state index contributed by atoms with van der Waals surface area (Å²) >= 11 is 0. The molecule has 1 unspecified atom stereocenters. The predicted octanol–water partition coefficient (Wildman–Crippen LogP) is 3.38. The SMILES string of the molecule is CNC(COCCC1CC1)c1ccc(C)c(C)c1. The fourth-order valence-electron chi connectivity index (χ4n) is 2.19. The second kappa shape index (κ2) is 6.35. The Kier molecular flexibility index (Phi) is 4.79. The first-order valence-corrected chi connectivity index (χ1v) is 7.03. The van der Waals surface area contributed by atoms with Crippen LogP contribution in [0, 0.1) is 19.8 Å². The van der Waals surface area contributed by atoms with E-state index in [0.717, 1.165) is 19.1 Å². The Labute approximate surface area is 111 Å². The number of aryl methyl sites for hydroxylation is 2. The van der Waals surface area contributed by atoms with Gasteiger partial charge in [-0.25, -0.2) is 0 Å². The highest BCUT2D eigenvalue weighted by Crippen LogP contribution is 2.32. The number of rotatable bonds is 7. The van der Waals surface area contributed by atoms with Gasteiger partial charge < -0.3 is 10.1 Å². The van der Waals surface area contributed by atoms with Gasteiger partial charge in [0.15, 0.2) is 0 Å². The average molecular weight is 247 g/mol. The van der Waals surface area contributed by atoms with Gasteiger partial charge in [0, 0.05) is 6.61 Å². The maximum Gasteiger partial charge on any atom is 0.0661 e. The molecule has 1 aliphatic carbocycles. The molecule has 0 saturated heterocycles. The van der Waals surface area contributed by atoms with Gasteiger partial charge in [0.1, 0.15) is 0 Å². The standard InChI is InChI=1S/C16H25NO/c1-12-4-7-15(10-13(12)2)16(17-3)11-18-9-8-14-5-6-14/h4,7,10,14,16-17H,5-6,8-9,11H2,1-3H3. The first-order valence-electron chi connectivity index (χ1n) is 7.03. The molecule has 0 spiro atoms. The van der Waals surface area contributed by atoms with Crippen LogP contribution in [0.3, 0.4) is 0 Å². The van der Waals surface area contributed by atoms with Gasteiger partial charge in [-0.15, -0.1) is 0 Å². The molecule has 1 aromatic rings. The Morgan fingerprint density at radius 1 is 1.28 bits per heavy atom. The van der Waals surface area contributed by atoms with Gasteiger partial charge in [0.25, 0.3) is 0 Å². The number of hydrogen-bond donors (Lipinski definition) is 1. The molecule has 1 atom stereocenters. The second-order valence-corrected chi connectivity index (χ2v) is 5.49. The molecule has 0 aliphatic heterocycles. The largest absolute Gasteiger partial charge is 0.379 e. The summed E-state index contributed by atoms with van der Waals surface area (Å²) in [6.45, 7) is 6.00. The molecular weight excluding hydrogens is 222 g/mol. The Morgan fingerprint density at radius 3 is 2.67 bits per heavy atom. The third kappa shape index (κ3) is 3.82. The third-order valence-corrected chi connectivity index (χ3v) is 3.93. The van der Waals surface area contributed by atoms with Crippen molar-refractivity contribution < 1.29 is 4.74 Å². The first kappa shape index (κ1) is 13.6. The van der Waals surface area contributed by atoms with Crippen molar-refractivity contribution >= 4 is 0 Å². The van der Waals surface area contributed by atoms with E-state index in [-0.39, 0.29) is 0 Å². The lowest BCUT2D eigenvalue weighted by molar-refractivity contribution is 0.108. The van der Waals surface area contributed by atoms with E-state index in [1.54, 1.807) is 0 Å². The molecule has 1 N–H and O–H groups in total. The molecule has 2 heteroatoms. The van der Waals surface area contributed by atoms with Crippen LogP contribution >= 0.6 is 0 Å². The van der Waals surface area contributed by atoms with E-state index < -0.39 is 0 Å². The van der Waals surface area contributed by atoms with Gasteiger partial charge in [-0.3, -0.25) is 0 Å². The highest BCUT2D eigenvalue weighted by molar-refractivity contribution is 5.31. The number of nitrogens with one attached hydrogen (secondary N) is 1. The summed E-state index contributed by atoms with van der Waals surface area (Å²) in [7, 11) is 2.00. The van der Waals surface area contributed by atoms with Crippen molar-refractivity contribution in [3.8, 4) is 0 Å². The van der Waals surface area contributed by atoms with E-state index in [2.05, 4.69) is 37.4 Å². The van der Waals surface area contributed by atoms with Crippen LogP contribution in [0.5, 0.6) is 0 Å². The summed E-state index contributed by atoms with van der Waals surface area (Å²) in [6, 6.07) is 6.97.